The topological polar surface area (TPSA) is 68.0 Å². The molecule has 0 unspecified atom stereocenters. The largest absolute Gasteiger partial charge is 0.476 e. The van der Waals surface area contributed by atoms with E-state index < -0.39 is 11.4 Å². The predicted octanol–water partition coefficient (Wildman–Crippen LogP) is 3.52. The van der Waals surface area contributed by atoms with Crippen molar-refractivity contribution in [1.82, 2.24) is 15.0 Å². The zero-order chi connectivity index (χ0) is 15.1. The average Bonchev–Trinajstić information content (AvgIpc) is 2.73. The van der Waals surface area contributed by atoms with Crippen molar-refractivity contribution in [2.45, 2.75) is 26.2 Å². The number of benzene rings is 1. The minimum Gasteiger partial charge on any atom is -0.476 e. The van der Waals surface area contributed by atoms with Crippen LogP contribution in [0, 0.1) is 3.57 Å². The molecule has 0 saturated carbocycles. The first-order chi connectivity index (χ1) is 9.21. The molecule has 1 N–H and O–H groups in total. The van der Waals surface area contributed by atoms with E-state index in [9.17, 15) is 9.90 Å². The second kappa shape index (κ2) is 5.33. The van der Waals surface area contributed by atoms with Crippen molar-refractivity contribution in [2.75, 3.05) is 0 Å². The number of carboxylic acid groups (broad SMARTS) is 1. The second-order valence-corrected chi connectivity index (χ2v) is 6.95. The molecule has 0 fully saturated rings. The number of aromatic nitrogens is 3. The van der Waals surface area contributed by atoms with Gasteiger partial charge in [0.25, 0.3) is 0 Å². The molecule has 2 rings (SSSR count). The van der Waals surface area contributed by atoms with Crippen molar-refractivity contribution >= 4 is 40.2 Å². The van der Waals surface area contributed by atoms with Gasteiger partial charge in [-0.25, -0.2) is 9.48 Å². The van der Waals surface area contributed by atoms with E-state index in [2.05, 4.69) is 32.9 Å². The van der Waals surface area contributed by atoms with E-state index in [1.54, 1.807) is 22.9 Å². The fourth-order valence-corrected chi connectivity index (χ4v) is 3.02. The SMILES string of the molecule is CC(C)(C)c1c(C(=O)O)nnn1-c1ccc(Cl)cc1I. The Hall–Kier alpha value is -1.15. The molecule has 0 saturated heterocycles. The van der Waals surface area contributed by atoms with Crippen molar-refractivity contribution in [3.05, 3.63) is 38.2 Å². The fourth-order valence-electron chi connectivity index (χ4n) is 1.92. The van der Waals surface area contributed by atoms with Gasteiger partial charge in [-0.2, -0.15) is 0 Å². The maximum Gasteiger partial charge on any atom is 0.358 e. The lowest BCUT2D eigenvalue weighted by molar-refractivity contribution is 0.0687. The number of hydrogen-bond acceptors (Lipinski definition) is 3. The van der Waals surface area contributed by atoms with E-state index in [4.69, 9.17) is 11.6 Å². The first-order valence-electron chi connectivity index (χ1n) is 5.86. The molecule has 1 aromatic carbocycles. The Morgan fingerprint density at radius 1 is 1.40 bits per heavy atom. The standard InChI is InChI=1S/C13H13ClIN3O2/c1-13(2,3)11-10(12(19)20)16-17-18(11)9-5-4-7(14)6-8(9)15/h4-6H,1-3H3,(H,19,20). The van der Waals surface area contributed by atoms with E-state index in [0.29, 0.717) is 10.7 Å². The normalized spacial score (nSPS) is 11.7. The number of aromatic carboxylic acids is 1. The van der Waals surface area contributed by atoms with E-state index in [1.165, 1.54) is 0 Å². The Balaban J connectivity index is 2.72. The van der Waals surface area contributed by atoms with Gasteiger partial charge in [0.2, 0.25) is 0 Å². The van der Waals surface area contributed by atoms with Crippen LogP contribution in [0.25, 0.3) is 5.69 Å². The number of halogens is 2. The molecule has 106 valence electrons. The highest BCUT2D eigenvalue weighted by Gasteiger charge is 2.30. The maximum atomic E-state index is 11.3. The van der Waals surface area contributed by atoms with Crippen molar-refractivity contribution in [1.29, 1.82) is 0 Å². The first-order valence-corrected chi connectivity index (χ1v) is 7.32. The molecular weight excluding hydrogens is 393 g/mol. The summed E-state index contributed by atoms with van der Waals surface area (Å²) in [6.45, 7) is 5.78. The van der Waals surface area contributed by atoms with Crippen LogP contribution in [0.15, 0.2) is 18.2 Å². The lowest BCUT2D eigenvalue weighted by Gasteiger charge is -2.20. The lowest BCUT2D eigenvalue weighted by atomic mass is 9.90. The van der Waals surface area contributed by atoms with Gasteiger partial charge >= 0.3 is 5.97 Å². The molecule has 1 aromatic heterocycles. The van der Waals surface area contributed by atoms with Crippen LogP contribution < -0.4 is 0 Å². The average molecular weight is 406 g/mol. The molecule has 0 aliphatic rings. The first kappa shape index (κ1) is 15.2. The molecule has 0 amide bonds. The third-order valence-corrected chi connectivity index (χ3v) is 3.82. The van der Waals surface area contributed by atoms with Gasteiger partial charge in [0, 0.05) is 14.0 Å². The van der Waals surface area contributed by atoms with Crippen molar-refractivity contribution in [3.8, 4) is 5.69 Å². The van der Waals surface area contributed by atoms with Crippen LogP contribution in [-0.4, -0.2) is 26.1 Å². The van der Waals surface area contributed by atoms with E-state index in [1.807, 2.05) is 20.8 Å². The van der Waals surface area contributed by atoms with Gasteiger partial charge in [-0.3, -0.25) is 0 Å². The van der Waals surface area contributed by atoms with Crippen LogP contribution in [0.2, 0.25) is 5.02 Å². The number of hydrogen-bond donors (Lipinski definition) is 1. The van der Waals surface area contributed by atoms with Crippen molar-refractivity contribution < 1.29 is 9.90 Å². The quantitative estimate of drug-likeness (QED) is 0.776. The summed E-state index contributed by atoms with van der Waals surface area (Å²) in [6, 6.07) is 5.35. The van der Waals surface area contributed by atoms with Crippen molar-refractivity contribution in [3.63, 3.8) is 0 Å². The summed E-state index contributed by atoms with van der Waals surface area (Å²) in [5.74, 6) is -1.08. The molecule has 0 spiro atoms. The molecule has 0 atom stereocenters. The maximum absolute atomic E-state index is 11.3. The Labute approximate surface area is 135 Å². The highest BCUT2D eigenvalue weighted by molar-refractivity contribution is 14.1. The highest BCUT2D eigenvalue weighted by Crippen LogP contribution is 2.29. The summed E-state index contributed by atoms with van der Waals surface area (Å²) in [5, 5.41) is 17.7. The minimum absolute atomic E-state index is 0.0248. The number of carboxylic acids is 1. The molecule has 2 aromatic rings. The van der Waals surface area contributed by atoms with Crippen LogP contribution in [0.1, 0.15) is 37.0 Å². The van der Waals surface area contributed by atoms with Crippen LogP contribution in [0.5, 0.6) is 0 Å². The van der Waals surface area contributed by atoms with E-state index in [-0.39, 0.29) is 5.69 Å². The number of carbonyl (C=O) groups is 1. The molecule has 0 bridgehead atoms. The molecule has 7 heteroatoms. The van der Waals surface area contributed by atoms with Gasteiger partial charge in [-0.15, -0.1) is 5.10 Å². The molecular formula is C13H13ClIN3O2. The lowest BCUT2D eigenvalue weighted by Crippen LogP contribution is -2.21. The Morgan fingerprint density at radius 3 is 2.55 bits per heavy atom. The zero-order valence-electron chi connectivity index (χ0n) is 11.2. The summed E-state index contributed by atoms with van der Waals surface area (Å²) in [7, 11) is 0. The molecule has 1 heterocycles. The van der Waals surface area contributed by atoms with Crippen LogP contribution in [-0.2, 0) is 5.41 Å². The van der Waals surface area contributed by atoms with Gasteiger partial charge in [-0.05, 0) is 40.8 Å². The number of rotatable bonds is 2. The molecule has 0 aliphatic heterocycles. The third kappa shape index (κ3) is 2.80. The Kier molecular flexibility index (Phi) is 4.06. The minimum atomic E-state index is -1.08. The fraction of sp³-hybridized carbons (Fsp3) is 0.308. The molecule has 20 heavy (non-hydrogen) atoms. The van der Waals surface area contributed by atoms with E-state index in [0.717, 1.165) is 9.26 Å². The summed E-state index contributed by atoms with van der Waals surface area (Å²) in [4.78, 5) is 11.3. The van der Waals surface area contributed by atoms with Crippen molar-refractivity contribution in [2.24, 2.45) is 0 Å². The van der Waals surface area contributed by atoms with Gasteiger partial charge in [0.1, 0.15) is 0 Å². The summed E-state index contributed by atoms with van der Waals surface area (Å²) < 4.78 is 2.45. The summed E-state index contributed by atoms with van der Waals surface area (Å²) >= 11 is 8.09. The monoisotopic (exact) mass is 405 g/mol. The van der Waals surface area contributed by atoms with Crippen LogP contribution >= 0.6 is 34.2 Å². The summed E-state index contributed by atoms with van der Waals surface area (Å²) in [6.07, 6.45) is 0. The second-order valence-electron chi connectivity index (χ2n) is 5.35. The van der Waals surface area contributed by atoms with Gasteiger partial charge in [0.15, 0.2) is 5.69 Å². The molecule has 5 nitrogen and oxygen atoms in total. The van der Waals surface area contributed by atoms with Crippen LogP contribution in [0.4, 0.5) is 0 Å². The summed E-state index contributed by atoms with van der Waals surface area (Å²) in [5.41, 5.74) is 0.897. The van der Waals surface area contributed by atoms with Gasteiger partial charge < -0.3 is 5.11 Å². The Bertz CT molecular complexity index is 677. The smallest absolute Gasteiger partial charge is 0.358 e. The highest BCUT2D eigenvalue weighted by atomic mass is 127. The molecule has 0 aliphatic carbocycles. The number of nitrogens with zero attached hydrogens (tertiary/aromatic N) is 3. The predicted molar refractivity (Wildman–Crippen MR) is 84.7 cm³/mol. The Morgan fingerprint density at radius 2 is 2.05 bits per heavy atom. The molecule has 0 radical (unpaired) electrons. The van der Waals surface area contributed by atoms with Gasteiger partial charge in [-0.1, -0.05) is 37.6 Å². The van der Waals surface area contributed by atoms with E-state index >= 15 is 0 Å². The third-order valence-electron chi connectivity index (χ3n) is 2.72. The van der Waals surface area contributed by atoms with Gasteiger partial charge in [0.05, 0.1) is 11.4 Å². The van der Waals surface area contributed by atoms with Crippen LogP contribution in [0.3, 0.4) is 0 Å². The zero-order valence-corrected chi connectivity index (χ0v) is 14.1.